The summed E-state index contributed by atoms with van der Waals surface area (Å²) < 4.78 is 15.6. The number of ether oxygens (including phenoxy) is 1. The van der Waals surface area contributed by atoms with Gasteiger partial charge >= 0.3 is 5.97 Å². The number of allylic oxidation sites excluding steroid dienone is 1. The minimum absolute atomic E-state index is 0.00411. The lowest BCUT2D eigenvalue weighted by Crippen LogP contribution is -2.31. The fourth-order valence-corrected chi connectivity index (χ4v) is 4.26. The standard InChI is InChI=1S/C24H29N5O6S/c1-7-8-9-17(30)28-18(12(2)3)23-27-16(11-36-23)22-29-19(14(5)35-22)20(31)25-13(4)21-26-15(10-34-21)24(32)33-6/h7,10-13,18H,1,8-9H2,2-6H3,(H,25,31)(H,28,30)/t13-,18-/m0/s1. The van der Waals surface area contributed by atoms with Gasteiger partial charge in [0.1, 0.15) is 28.8 Å². The molecule has 2 N–H and O–H groups in total. The Morgan fingerprint density at radius 2 is 1.94 bits per heavy atom. The molecule has 0 bridgehead atoms. The molecule has 0 spiro atoms. The Bertz CT molecular complexity index is 1240. The maximum absolute atomic E-state index is 12.8. The monoisotopic (exact) mass is 515 g/mol. The van der Waals surface area contributed by atoms with Crippen LogP contribution in [0.5, 0.6) is 0 Å². The van der Waals surface area contributed by atoms with E-state index in [-0.39, 0.29) is 41.0 Å². The van der Waals surface area contributed by atoms with Crippen molar-refractivity contribution < 1.29 is 28.0 Å². The van der Waals surface area contributed by atoms with E-state index in [1.165, 1.54) is 18.4 Å². The van der Waals surface area contributed by atoms with Gasteiger partial charge in [-0.25, -0.2) is 19.7 Å². The average Bonchev–Trinajstić information content (AvgIpc) is 3.60. The van der Waals surface area contributed by atoms with E-state index >= 15 is 0 Å². The number of esters is 1. The first-order valence-corrected chi connectivity index (χ1v) is 12.2. The summed E-state index contributed by atoms with van der Waals surface area (Å²) in [6.07, 6.45) is 3.82. The molecule has 12 heteroatoms. The van der Waals surface area contributed by atoms with Crippen LogP contribution >= 0.6 is 11.3 Å². The quantitative estimate of drug-likeness (QED) is 0.283. The van der Waals surface area contributed by atoms with Crippen LogP contribution < -0.4 is 10.6 Å². The number of methoxy groups -OCH3 is 1. The van der Waals surface area contributed by atoms with Crippen LogP contribution in [0.15, 0.2) is 33.1 Å². The van der Waals surface area contributed by atoms with E-state index < -0.39 is 17.9 Å². The molecule has 0 saturated carbocycles. The summed E-state index contributed by atoms with van der Waals surface area (Å²) in [6, 6.07) is -0.908. The molecular weight excluding hydrogens is 486 g/mol. The second-order valence-corrected chi connectivity index (χ2v) is 9.26. The van der Waals surface area contributed by atoms with Crippen molar-refractivity contribution in [3.8, 4) is 11.6 Å². The molecule has 0 unspecified atom stereocenters. The molecule has 3 rings (SSSR count). The van der Waals surface area contributed by atoms with Crippen LogP contribution in [-0.2, 0) is 9.53 Å². The van der Waals surface area contributed by atoms with E-state index in [4.69, 9.17) is 8.83 Å². The molecule has 3 heterocycles. The molecule has 0 aromatic carbocycles. The molecule has 0 radical (unpaired) electrons. The average molecular weight is 516 g/mol. The normalized spacial score (nSPS) is 12.7. The van der Waals surface area contributed by atoms with E-state index in [1.54, 1.807) is 25.3 Å². The van der Waals surface area contributed by atoms with Gasteiger partial charge in [0.05, 0.1) is 13.2 Å². The molecule has 3 aromatic rings. The number of thiazole rings is 1. The lowest BCUT2D eigenvalue weighted by Gasteiger charge is -2.20. The van der Waals surface area contributed by atoms with Crippen LogP contribution in [0.25, 0.3) is 11.6 Å². The minimum atomic E-state index is -0.641. The Morgan fingerprint density at radius 1 is 1.19 bits per heavy atom. The highest BCUT2D eigenvalue weighted by Crippen LogP contribution is 2.30. The molecule has 0 saturated heterocycles. The number of nitrogens with one attached hydrogen (secondary N) is 2. The van der Waals surface area contributed by atoms with E-state index in [9.17, 15) is 14.4 Å². The van der Waals surface area contributed by atoms with Crippen molar-refractivity contribution in [2.45, 2.75) is 52.6 Å². The van der Waals surface area contributed by atoms with Crippen LogP contribution in [-0.4, -0.2) is 39.8 Å². The fourth-order valence-electron chi connectivity index (χ4n) is 3.25. The third-order valence-corrected chi connectivity index (χ3v) is 6.14. The summed E-state index contributed by atoms with van der Waals surface area (Å²) >= 11 is 1.38. The van der Waals surface area contributed by atoms with Crippen molar-refractivity contribution in [3.05, 3.63) is 52.3 Å². The van der Waals surface area contributed by atoms with E-state index in [1.807, 2.05) is 13.8 Å². The number of amides is 2. The number of aromatic nitrogens is 3. The highest BCUT2D eigenvalue weighted by Gasteiger charge is 2.26. The van der Waals surface area contributed by atoms with Gasteiger partial charge in [-0.05, 0) is 26.2 Å². The minimum Gasteiger partial charge on any atom is -0.464 e. The molecule has 192 valence electrons. The van der Waals surface area contributed by atoms with Crippen molar-refractivity contribution in [1.29, 1.82) is 0 Å². The molecule has 11 nitrogen and oxygen atoms in total. The number of aryl methyl sites for hydroxylation is 1. The van der Waals surface area contributed by atoms with Crippen molar-refractivity contribution in [3.63, 3.8) is 0 Å². The lowest BCUT2D eigenvalue weighted by molar-refractivity contribution is -0.122. The largest absolute Gasteiger partial charge is 0.464 e. The number of hydrogen-bond acceptors (Lipinski definition) is 10. The first-order chi connectivity index (χ1) is 17.1. The molecule has 2 amide bonds. The second kappa shape index (κ2) is 11.8. The molecule has 3 aromatic heterocycles. The molecular formula is C24H29N5O6S. The predicted molar refractivity (Wildman–Crippen MR) is 131 cm³/mol. The van der Waals surface area contributed by atoms with E-state index in [2.05, 4.69) is 36.9 Å². The smallest absolute Gasteiger partial charge is 0.360 e. The summed E-state index contributed by atoms with van der Waals surface area (Å²) in [4.78, 5) is 49.6. The first-order valence-electron chi connectivity index (χ1n) is 11.3. The van der Waals surface area contributed by atoms with Gasteiger partial charge in [-0.3, -0.25) is 9.59 Å². The lowest BCUT2D eigenvalue weighted by atomic mass is 10.0. The number of hydrogen-bond donors (Lipinski definition) is 2. The van der Waals surface area contributed by atoms with Crippen molar-refractivity contribution >= 4 is 29.1 Å². The van der Waals surface area contributed by atoms with Crippen LogP contribution in [0.3, 0.4) is 0 Å². The number of rotatable bonds is 11. The first kappa shape index (κ1) is 26.8. The Labute approximate surface area is 212 Å². The molecule has 0 aliphatic rings. The molecule has 36 heavy (non-hydrogen) atoms. The van der Waals surface area contributed by atoms with Gasteiger partial charge in [-0.15, -0.1) is 17.9 Å². The third-order valence-electron chi connectivity index (χ3n) is 5.21. The summed E-state index contributed by atoms with van der Waals surface area (Å²) in [5.74, 6) is -0.459. The van der Waals surface area contributed by atoms with Crippen molar-refractivity contribution in [2.24, 2.45) is 5.92 Å². The molecule has 0 fully saturated rings. The van der Waals surface area contributed by atoms with Crippen LogP contribution in [0.1, 0.15) is 83.3 Å². The second-order valence-electron chi connectivity index (χ2n) is 8.37. The number of carbonyl (C=O) groups is 3. The van der Waals surface area contributed by atoms with Gasteiger partial charge in [0, 0.05) is 11.8 Å². The summed E-state index contributed by atoms with van der Waals surface area (Å²) in [5.41, 5.74) is 0.556. The molecule has 0 aliphatic carbocycles. The summed E-state index contributed by atoms with van der Waals surface area (Å²) in [6.45, 7) is 10.9. The van der Waals surface area contributed by atoms with Crippen LogP contribution in [0.4, 0.5) is 0 Å². The zero-order chi connectivity index (χ0) is 26.4. The van der Waals surface area contributed by atoms with Crippen LogP contribution in [0, 0.1) is 12.8 Å². The molecule has 2 atom stereocenters. The molecule has 0 aliphatic heterocycles. The van der Waals surface area contributed by atoms with Gasteiger partial charge < -0.3 is 24.2 Å². The van der Waals surface area contributed by atoms with Gasteiger partial charge in [0.2, 0.25) is 17.7 Å². The number of carbonyl (C=O) groups excluding carboxylic acids is 3. The summed E-state index contributed by atoms with van der Waals surface area (Å²) in [7, 11) is 1.24. The SMILES string of the molecule is C=CCCC(=O)N[C@H](c1nc(-c2nc(C(=O)N[C@@H](C)c3nc(C(=O)OC)co3)c(C)o2)cs1)C(C)C. The fraction of sp³-hybridized carbons (Fsp3) is 0.417. The third kappa shape index (κ3) is 6.25. The van der Waals surface area contributed by atoms with Crippen molar-refractivity contribution in [1.82, 2.24) is 25.6 Å². The number of nitrogens with zero attached hydrogens (tertiary/aromatic N) is 3. The maximum atomic E-state index is 12.8. The Balaban J connectivity index is 1.73. The van der Waals surface area contributed by atoms with Crippen LogP contribution in [0.2, 0.25) is 0 Å². The highest BCUT2D eigenvalue weighted by molar-refractivity contribution is 7.10. The Morgan fingerprint density at radius 3 is 2.61 bits per heavy atom. The topological polar surface area (TPSA) is 149 Å². The predicted octanol–water partition coefficient (Wildman–Crippen LogP) is 4.15. The van der Waals surface area contributed by atoms with Crippen molar-refractivity contribution in [2.75, 3.05) is 7.11 Å². The van der Waals surface area contributed by atoms with Gasteiger partial charge in [-0.1, -0.05) is 19.9 Å². The Hall–Kier alpha value is -3.80. The zero-order valence-electron chi connectivity index (χ0n) is 20.8. The van der Waals surface area contributed by atoms with E-state index in [0.29, 0.717) is 29.3 Å². The van der Waals surface area contributed by atoms with Gasteiger partial charge in [0.15, 0.2) is 11.4 Å². The summed E-state index contributed by atoms with van der Waals surface area (Å²) in [5, 5.41) is 8.23. The zero-order valence-corrected chi connectivity index (χ0v) is 21.6. The highest BCUT2D eigenvalue weighted by atomic mass is 32.1. The van der Waals surface area contributed by atoms with Gasteiger partial charge in [0.25, 0.3) is 5.91 Å². The maximum Gasteiger partial charge on any atom is 0.360 e. The number of oxazole rings is 2. The van der Waals surface area contributed by atoms with Gasteiger partial charge in [-0.2, -0.15) is 0 Å². The van der Waals surface area contributed by atoms with E-state index in [0.717, 1.165) is 6.26 Å². The Kier molecular flexibility index (Phi) is 8.75.